The number of thioether (sulfide) groups is 1. The second-order valence-electron chi connectivity index (χ2n) is 8.68. The molecule has 0 aliphatic carbocycles. The molecular formula is C30H26N4O2S. The van der Waals surface area contributed by atoms with Gasteiger partial charge in [0.1, 0.15) is 5.76 Å². The van der Waals surface area contributed by atoms with Crippen LogP contribution in [0.3, 0.4) is 0 Å². The zero-order valence-electron chi connectivity index (χ0n) is 20.6. The molecule has 3 aromatic carbocycles. The lowest BCUT2D eigenvalue weighted by atomic mass is 10.0. The number of hydrogen-bond donors (Lipinski definition) is 0. The number of amides is 1. The van der Waals surface area contributed by atoms with E-state index in [-0.39, 0.29) is 12.5 Å². The van der Waals surface area contributed by atoms with Crippen LogP contribution < -0.4 is 4.90 Å². The standard InChI is InChI=1S/C30H26N4O2S/c1-33(2)26-16-12-22(13-17-26)19-28-29(35)34(21-27-9-6-18-36-27)30(37-28)32-31-20-23-10-14-25(15-11-23)24-7-4-3-5-8-24/h3-20H,21H2,1-2H3/b28-19-,31-20+,32-30-. The molecule has 1 saturated heterocycles. The van der Waals surface area contributed by atoms with Crippen LogP contribution in [0.4, 0.5) is 5.69 Å². The third kappa shape index (κ3) is 5.90. The molecule has 7 heteroatoms. The van der Waals surface area contributed by atoms with Crippen molar-refractivity contribution in [2.45, 2.75) is 6.54 Å². The van der Waals surface area contributed by atoms with E-state index in [9.17, 15) is 4.79 Å². The molecule has 1 amide bonds. The van der Waals surface area contributed by atoms with Crippen molar-refractivity contribution in [3.63, 3.8) is 0 Å². The number of furan rings is 1. The van der Waals surface area contributed by atoms with Crippen LogP contribution in [-0.4, -0.2) is 36.3 Å². The number of anilines is 1. The SMILES string of the molecule is CN(C)c1ccc(/C=C2\S/C(=N\N=C\c3ccc(-c4ccccc4)cc3)N(Cc3ccco3)C2=O)cc1. The molecular weight excluding hydrogens is 480 g/mol. The Hall–Kier alpha value is -4.36. The average Bonchev–Trinajstić information content (AvgIpc) is 3.54. The van der Waals surface area contributed by atoms with Crippen LogP contribution in [0.5, 0.6) is 0 Å². The van der Waals surface area contributed by atoms with Gasteiger partial charge >= 0.3 is 0 Å². The van der Waals surface area contributed by atoms with E-state index in [2.05, 4.69) is 34.5 Å². The second-order valence-corrected chi connectivity index (χ2v) is 9.69. The van der Waals surface area contributed by atoms with E-state index < -0.39 is 0 Å². The molecule has 0 N–H and O–H groups in total. The third-order valence-electron chi connectivity index (χ3n) is 5.86. The van der Waals surface area contributed by atoms with Crippen molar-refractivity contribution in [3.05, 3.63) is 119 Å². The molecule has 6 nitrogen and oxygen atoms in total. The first-order valence-electron chi connectivity index (χ1n) is 11.8. The highest BCUT2D eigenvalue weighted by Crippen LogP contribution is 2.34. The summed E-state index contributed by atoms with van der Waals surface area (Å²) in [7, 11) is 3.99. The van der Waals surface area contributed by atoms with Gasteiger partial charge in [0.25, 0.3) is 5.91 Å². The van der Waals surface area contributed by atoms with Gasteiger partial charge in [-0.2, -0.15) is 5.10 Å². The first-order chi connectivity index (χ1) is 18.1. The lowest BCUT2D eigenvalue weighted by Gasteiger charge is -2.12. The quantitative estimate of drug-likeness (QED) is 0.163. The molecule has 1 aromatic heterocycles. The number of hydrogen-bond acceptors (Lipinski definition) is 6. The Morgan fingerprint density at radius 3 is 2.24 bits per heavy atom. The second kappa shape index (κ2) is 11.1. The Balaban J connectivity index is 1.36. The monoisotopic (exact) mass is 506 g/mol. The summed E-state index contributed by atoms with van der Waals surface area (Å²) in [5, 5.41) is 9.21. The van der Waals surface area contributed by atoms with Crippen molar-refractivity contribution in [2.75, 3.05) is 19.0 Å². The Morgan fingerprint density at radius 2 is 1.57 bits per heavy atom. The Bertz CT molecular complexity index is 1440. The van der Waals surface area contributed by atoms with Crippen LogP contribution in [0.25, 0.3) is 17.2 Å². The lowest BCUT2D eigenvalue weighted by molar-refractivity contribution is -0.122. The summed E-state index contributed by atoms with van der Waals surface area (Å²) >= 11 is 1.31. The largest absolute Gasteiger partial charge is 0.467 e. The van der Waals surface area contributed by atoms with Gasteiger partial charge in [0, 0.05) is 19.8 Å². The van der Waals surface area contributed by atoms with E-state index in [0.717, 1.165) is 27.9 Å². The molecule has 1 aliphatic rings. The molecule has 1 fully saturated rings. The molecule has 1 aliphatic heterocycles. The van der Waals surface area contributed by atoms with Gasteiger partial charge < -0.3 is 9.32 Å². The molecule has 0 unspecified atom stereocenters. The molecule has 0 radical (unpaired) electrons. The summed E-state index contributed by atoms with van der Waals surface area (Å²) in [6.45, 7) is 0.288. The van der Waals surface area contributed by atoms with Crippen molar-refractivity contribution in [1.29, 1.82) is 0 Å². The highest BCUT2D eigenvalue weighted by atomic mass is 32.2. The van der Waals surface area contributed by atoms with Gasteiger partial charge in [-0.25, -0.2) is 0 Å². The van der Waals surface area contributed by atoms with E-state index in [1.54, 1.807) is 23.4 Å². The van der Waals surface area contributed by atoms with Crippen molar-refractivity contribution in [2.24, 2.45) is 10.2 Å². The molecule has 184 valence electrons. The molecule has 0 saturated carbocycles. The average molecular weight is 507 g/mol. The van der Waals surface area contributed by atoms with Gasteiger partial charge in [0.05, 0.1) is 23.9 Å². The van der Waals surface area contributed by atoms with Gasteiger partial charge in [0.15, 0.2) is 5.17 Å². The minimum atomic E-state index is -0.126. The summed E-state index contributed by atoms with van der Waals surface area (Å²) in [4.78, 5) is 17.5. The van der Waals surface area contributed by atoms with E-state index >= 15 is 0 Å². The van der Waals surface area contributed by atoms with Crippen molar-refractivity contribution in [3.8, 4) is 11.1 Å². The first kappa shape index (κ1) is 24.3. The first-order valence-corrected chi connectivity index (χ1v) is 12.7. The maximum Gasteiger partial charge on any atom is 0.267 e. The zero-order chi connectivity index (χ0) is 25.6. The van der Waals surface area contributed by atoms with Crippen LogP contribution in [0.15, 0.2) is 117 Å². The van der Waals surface area contributed by atoms with Gasteiger partial charge in [-0.15, -0.1) is 5.10 Å². The van der Waals surface area contributed by atoms with Crippen molar-refractivity contribution < 1.29 is 9.21 Å². The Kier molecular flexibility index (Phi) is 7.33. The minimum Gasteiger partial charge on any atom is -0.467 e. The molecule has 2 heterocycles. The van der Waals surface area contributed by atoms with E-state index in [1.165, 1.54) is 11.8 Å². The maximum absolute atomic E-state index is 13.3. The molecule has 0 bridgehead atoms. The third-order valence-corrected chi connectivity index (χ3v) is 6.85. The van der Waals surface area contributed by atoms with E-state index in [1.807, 2.05) is 85.7 Å². The summed E-state index contributed by atoms with van der Waals surface area (Å²) < 4.78 is 5.48. The lowest BCUT2D eigenvalue weighted by Crippen LogP contribution is -2.28. The van der Waals surface area contributed by atoms with E-state index in [0.29, 0.717) is 15.8 Å². The number of carbonyl (C=O) groups excluding carboxylic acids is 1. The number of amidine groups is 1. The smallest absolute Gasteiger partial charge is 0.267 e. The molecule has 5 rings (SSSR count). The fraction of sp³-hybridized carbons (Fsp3) is 0.100. The van der Waals surface area contributed by atoms with E-state index in [4.69, 9.17) is 4.42 Å². The maximum atomic E-state index is 13.3. The predicted octanol–water partition coefficient (Wildman–Crippen LogP) is 6.52. The summed E-state index contributed by atoms with van der Waals surface area (Å²) in [6.07, 6.45) is 5.18. The molecule has 0 atom stereocenters. The molecule has 4 aromatic rings. The fourth-order valence-corrected chi connectivity index (χ4v) is 4.77. The van der Waals surface area contributed by atoms with Crippen LogP contribution in [-0.2, 0) is 11.3 Å². The number of nitrogens with zero attached hydrogens (tertiary/aromatic N) is 4. The minimum absolute atomic E-state index is 0.126. The van der Waals surface area contributed by atoms with Crippen molar-refractivity contribution >= 4 is 40.8 Å². The van der Waals surface area contributed by atoms with Gasteiger partial charge in [-0.05, 0) is 64.4 Å². The molecule has 37 heavy (non-hydrogen) atoms. The van der Waals surface area contributed by atoms with Crippen LogP contribution in [0.1, 0.15) is 16.9 Å². The fourth-order valence-electron chi connectivity index (χ4n) is 3.84. The number of rotatable bonds is 7. The Labute approximate surface area is 220 Å². The molecule has 0 spiro atoms. The number of carbonyl (C=O) groups is 1. The predicted molar refractivity (Wildman–Crippen MR) is 153 cm³/mol. The highest BCUT2D eigenvalue weighted by molar-refractivity contribution is 8.18. The van der Waals surface area contributed by atoms with Crippen LogP contribution in [0, 0.1) is 0 Å². The summed E-state index contributed by atoms with van der Waals surface area (Å²) in [6, 6.07) is 30.0. The summed E-state index contributed by atoms with van der Waals surface area (Å²) in [5.41, 5.74) is 5.27. The Morgan fingerprint density at radius 1 is 0.865 bits per heavy atom. The normalized spacial score (nSPS) is 15.8. The topological polar surface area (TPSA) is 61.4 Å². The number of benzene rings is 3. The van der Waals surface area contributed by atoms with Gasteiger partial charge in [0.2, 0.25) is 0 Å². The summed E-state index contributed by atoms with van der Waals surface area (Å²) in [5.74, 6) is 0.554. The van der Waals surface area contributed by atoms with Crippen LogP contribution in [0.2, 0.25) is 0 Å². The van der Waals surface area contributed by atoms with Gasteiger partial charge in [-0.3, -0.25) is 9.69 Å². The van der Waals surface area contributed by atoms with Gasteiger partial charge in [-0.1, -0.05) is 66.7 Å². The van der Waals surface area contributed by atoms with Crippen molar-refractivity contribution in [1.82, 2.24) is 4.90 Å². The zero-order valence-corrected chi connectivity index (χ0v) is 21.4. The van der Waals surface area contributed by atoms with Crippen LogP contribution >= 0.6 is 11.8 Å². The highest BCUT2D eigenvalue weighted by Gasteiger charge is 2.34.